The van der Waals surface area contributed by atoms with Crippen LogP contribution >= 0.6 is 0 Å². The molecule has 0 spiro atoms. The van der Waals surface area contributed by atoms with Gasteiger partial charge < -0.3 is 10.5 Å². The Morgan fingerprint density at radius 1 is 1.17 bits per heavy atom. The molecular formula is C12H9FN2O3. The lowest BCUT2D eigenvalue weighted by atomic mass is 10.2. The van der Waals surface area contributed by atoms with E-state index in [9.17, 15) is 14.5 Å². The molecule has 92 valence electrons. The SMILES string of the molecule is Nc1cc(Oc2cccc(F)c2)cc([N+](=O)[O-])c1. The van der Waals surface area contributed by atoms with Crippen molar-refractivity contribution >= 4 is 11.4 Å². The Balaban J connectivity index is 2.31. The van der Waals surface area contributed by atoms with E-state index in [-0.39, 0.29) is 22.9 Å². The van der Waals surface area contributed by atoms with Crippen molar-refractivity contribution in [2.24, 2.45) is 0 Å². The van der Waals surface area contributed by atoms with Crippen LogP contribution in [0.4, 0.5) is 15.8 Å². The van der Waals surface area contributed by atoms with Crippen LogP contribution in [0.1, 0.15) is 0 Å². The van der Waals surface area contributed by atoms with Crippen LogP contribution in [0.3, 0.4) is 0 Å². The average Bonchev–Trinajstić information content (AvgIpc) is 2.28. The first kappa shape index (κ1) is 11.8. The summed E-state index contributed by atoms with van der Waals surface area (Å²) in [5.74, 6) is -0.0203. The number of nitrogen functional groups attached to an aromatic ring is 1. The lowest BCUT2D eigenvalue weighted by Gasteiger charge is -2.06. The molecule has 2 rings (SSSR count). The molecule has 0 aliphatic carbocycles. The zero-order valence-electron chi connectivity index (χ0n) is 9.17. The quantitative estimate of drug-likeness (QED) is 0.514. The van der Waals surface area contributed by atoms with Crippen LogP contribution in [0.2, 0.25) is 0 Å². The van der Waals surface area contributed by atoms with E-state index < -0.39 is 10.7 Å². The van der Waals surface area contributed by atoms with E-state index in [0.29, 0.717) is 0 Å². The van der Waals surface area contributed by atoms with Gasteiger partial charge in [-0.2, -0.15) is 0 Å². The molecule has 0 bridgehead atoms. The highest BCUT2D eigenvalue weighted by Gasteiger charge is 2.10. The largest absolute Gasteiger partial charge is 0.457 e. The molecule has 2 N–H and O–H groups in total. The van der Waals surface area contributed by atoms with Gasteiger partial charge in [-0.1, -0.05) is 6.07 Å². The minimum Gasteiger partial charge on any atom is -0.457 e. The van der Waals surface area contributed by atoms with Gasteiger partial charge in [0.1, 0.15) is 17.3 Å². The minimum absolute atomic E-state index is 0.179. The maximum Gasteiger partial charge on any atom is 0.275 e. The monoisotopic (exact) mass is 248 g/mol. The fraction of sp³-hybridized carbons (Fsp3) is 0. The molecule has 0 aliphatic rings. The van der Waals surface area contributed by atoms with E-state index in [1.54, 1.807) is 0 Å². The van der Waals surface area contributed by atoms with Crippen molar-refractivity contribution in [2.75, 3.05) is 5.73 Å². The Hall–Kier alpha value is -2.63. The highest BCUT2D eigenvalue weighted by atomic mass is 19.1. The van der Waals surface area contributed by atoms with Gasteiger partial charge >= 0.3 is 0 Å². The van der Waals surface area contributed by atoms with Crippen molar-refractivity contribution in [1.29, 1.82) is 0 Å². The number of nitrogens with two attached hydrogens (primary N) is 1. The van der Waals surface area contributed by atoms with Crippen molar-refractivity contribution < 1.29 is 14.1 Å². The number of nitro groups is 1. The van der Waals surface area contributed by atoms with Crippen LogP contribution in [-0.2, 0) is 0 Å². The van der Waals surface area contributed by atoms with E-state index in [1.807, 2.05) is 0 Å². The standard InChI is InChI=1S/C12H9FN2O3/c13-8-2-1-3-11(4-8)18-12-6-9(14)5-10(7-12)15(16)17/h1-7H,14H2. The molecule has 0 fully saturated rings. The maximum atomic E-state index is 12.9. The number of hydrogen-bond acceptors (Lipinski definition) is 4. The van der Waals surface area contributed by atoms with Crippen molar-refractivity contribution in [3.8, 4) is 11.5 Å². The lowest BCUT2D eigenvalue weighted by Crippen LogP contribution is -1.93. The number of ether oxygens (including phenoxy) is 1. The predicted octanol–water partition coefficient (Wildman–Crippen LogP) is 3.11. The molecule has 2 aromatic carbocycles. The molecule has 0 aromatic heterocycles. The highest BCUT2D eigenvalue weighted by molar-refractivity contribution is 5.54. The van der Waals surface area contributed by atoms with E-state index in [4.69, 9.17) is 10.5 Å². The summed E-state index contributed by atoms with van der Waals surface area (Å²) in [5.41, 5.74) is 5.55. The van der Waals surface area contributed by atoms with E-state index in [2.05, 4.69) is 0 Å². The van der Waals surface area contributed by atoms with Crippen molar-refractivity contribution in [3.63, 3.8) is 0 Å². The van der Waals surface area contributed by atoms with E-state index in [1.165, 1.54) is 42.5 Å². The number of benzene rings is 2. The number of anilines is 1. The van der Waals surface area contributed by atoms with Gasteiger partial charge in [-0.3, -0.25) is 10.1 Å². The Kier molecular flexibility index (Phi) is 3.09. The molecule has 0 aliphatic heterocycles. The molecule has 0 heterocycles. The first-order chi connectivity index (χ1) is 8.54. The summed E-state index contributed by atoms with van der Waals surface area (Å²) in [6, 6.07) is 9.34. The molecule has 0 atom stereocenters. The van der Waals surface area contributed by atoms with Gasteiger partial charge in [0.2, 0.25) is 0 Å². The Morgan fingerprint density at radius 2 is 1.94 bits per heavy atom. The van der Waals surface area contributed by atoms with Gasteiger partial charge in [-0.05, 0) is 12.1 Å². The number of rotatable bonds is 3. The molecule has 0 unspecified atom stereocenters. The van der Waals surface area contributed by atoms with E-state index >= 15 is 0 Å². The molecule has 5 nitrogen and oxygen atoms in total. The zero-order valence-corrected chi connectivity index (χ0v) is 9.17. The molecule has 6 heteroatoms. The van der Waals surface area contributed by atoms with Gasteiger partial charge in [0.15, 0.2) is 0 Å². The van der Waals surface area contributed by atoms with E-state index in [0.717, 1.165) is 0 Å². The Bertz CT molecular complexity index is 602. The third kappa shape index (κ3) is 2.73. The Labute approximate surface area is 102 Å². The predicted molar refractivity (Wildman–Crippen MR) is 64.0 cm³/mol. The third-order valence-corrected chi connectivity index (χ3v) is 2.16. The summed E-state index contributed by atoms with van der Waals surface area (Å²) in [6.07, 6.45) is 0. The van der Waals surface area contributed by atoms with Crippen molar-refractivity contribution in [1.82, 2.24) is 0 Å². The number of nitro benzene ring substituents is 1. The molecular weight excluding hydrogens is 239 g/mol. The summed E-state index contributed by atoms with van der Waals surface area (Å²) >= 11 is 0. The normalized spacial score (nSPS) is 10.1. The first-order valence-electron chi connectivity index (χ1n) is 5.03. The maximum absolute atomic E-state index is 12.9. The van der Waals surface area contributed by atoms with Crippen molar-refractivity contribution in [2.45, 2.75) is 0 Å². The summed E-state index contributed by atoms with van der Waals surface area (Å²) in [5, 5.41) is 10.6. The van der Waals surface area contributed by atoms with Crippen LogP contribution in [0, 0.1) is 15.9 Å². The van der Waals surface area contributed by atoms with Gasteiger partial charge in [-0.15, -0.1) is 0 Å². The first-order valence-corrected chi connectivity index (χ1v) is 5.03. The fourth-order valence-corrected chi connectivity index (χ4v) is 1.44. The number of nitrogens with zero attached hydrogens (tertiary/aromatic N) is 1. The molecule has 0 amide bonds. The second kappa shape index (κ2) is 4.70. The lowest BCUT2D eigenvalue weighted by molar-refractivity contribution is -0.384. The summed E-state index contributed by atoms with van der Waals surface area (Å²) < 4.78 is 18.3. The smallest absolute Gasteiger partial charge is 0.275 e. The third-order valence-electron chi connectivity index (χ3n) is 2.16. The summed E-state index contributed by atoms with van der Waals surface area (Å²) in [4.78, 5) is 10.1. The molecule has 0 radical (unpaired) electrons. The minimum atomic E-state index is -0.575. The summed E-state index contributed by atoms with van der Waals surface area (Å²) in [6.45, 7) is 0. The van der Waals surface area contributed by atoms with Crippen molar-refractivity contribution in [3.05, 3.63) is 58.4 Å². The van der Waals surface area contributed by atoms with Gasteiger partial charge in [-0.25, -0.2) is 4.39 Å². The van der Waals surface area contributed by atoms with Gasteiger partial charge in [0.25, 0.3) is 5.69 Å². The number of hydrogen-bond donors (Lipinski definition) is 1. The fourth-order valence-electron chi connectivity index (χ4n) is 1.44. The van der Waals surface area contributed by atoms with Gasteiger partial charge in [0, 0.05) is 23.9 Å². The average molecular weight is 248 g/mol. The number of non-ortho nitro benzene ring substituents is 1. The topological polar surface area (TPSA) is 78.4 Å². The number of halogens is 1. The second-order valence-electron chi connectivity index (χ2n) is 3.58. The van der Waals surface area contributed by atoms with Gasteiger partial charge in [0.05, 0.1) is 11.0 Å². The molecule has 0 saturated heterocycles. The molecule has 2 aromatic rings. The van der Waals surface area contributed by atoms with Crippen LogP contribution in [0.25, 0.3) is 0 Å². The molecule has 0 saturated carbocycles. The van der Waals surface area contributed by atoms with Crippen LogP contribution in [0.5, 0.6) is 11.5 Å². The zero-order chi connectivity index (χ0) is 13.1. The van der Waals surface area contributed by atoms with Crippen LogP contribution in [-0.4, -0.2) is 4.92 Å². The highest BCUT2D eigenvalue weighted by Crippen LogP contribution is 2.28. The Morgan fingerprint density at radius 3 is 2.61 bits per heavy atom. The summed E-state index contributed by atoms with van der Waals surface area (Å²) in [7, 11) is 0. The van der Waals surface area contributed by atoms with Crippen LogP contribution in [0.15, 0.2) is 42.5 Å². The second-order valence-corrected chi connectivity index (χ2v) is 3.58. The molecule has 18 heavy (non-hydrogen) atoms. The van der Waals surface area contributed by atoms with Crippen LogP contribution < -0.4 is 10.5 Å².